The van der Waals surface area contributed by atoms with Crippen molar-refractivity contribution in [3.63, 3.8) is 0 Å². The average molecular weight is 269 g/mol. The van der Waals surface area contributed by atoms with Crippen LogP contribution in [0.2, 0.25) is 0 Å². The van der Waals surface area contributed by atoms with Crippen molar-refractivity contribution in [1.29, 1.82) is 0 Å². The Morgan fingerprint density at radius 3 is 2.47 bits per heavy atom. The number of amides is 4. The molecule has 2 fully saturated rings. The molecule has 106 valence electrons. The molecule has 0 unspecified atom stereocenters. The molecule has 0 radical (unpaired) electrons. The first-order chi connectivity index (χ1) is 8.73. The largest absolute Gasteiger partial charge is 0.444 e. The monoisotopic (exact) mass is 269 g/mol. The number of alkyl carbamates (subject to hydrolysis) is 1. The minimum atomic E-state index is -1.02. The summed E-state index contributed by atoms with van der Waals surface area (Å²) in [6.45, 7) is 5.32. The van der Waals surface area contributed by atoms with Crippen LogP contribution in [-0.4, -0.2) is 35.7 Å². The maximum atomic E-state index is 11.9. The summed E-state index contributed by atoms with van der Waals surface area (Å²) in [6, 6.07) is -0.511. The van der Waals surface area contributed by atoms with Crippen LogP contribution in [0, 0.1) is 5.92 Å². The van der Waals surface area contributed by atoms with E-state index in [-0.39, 0.29) is 18.4 Å². The molecule has 7 nitrogen and oxygen atoms in total. The van der Waals surface area contributed by atoms with Crippen LogP contribution in [-0.2, 0) is 9.53 Å². The van der Waals surface area contributed by atoms with Gasteiger partial charge in [0.2, 0.25) is 0 Å². The molecule has 19 heavy (non-hydrogen) atoms. The SMILES string of the molecule is CC(C)(C)OC(=O)NC[C@@]1(C2CC2)NC(=O)NC1=O. The highest BCUT2D eigenvalue weighted by Crippen LogP contribution is 2.41. The molecular weight excluding hydrogens is 250 g/mol. The summed E-state index contributed by atoms with van der Waals surface area (Å²) in [4.78, 5) is 34.8. The fourth-order valence-corrected chi connectivity index (χ4v) is 2.16. The third kappa shape index (κ3) is 2.97. The summed E-state index contributed by atoms with van der Waals surface area (Å²) in [7, 11) is 0. The standard InChI is InChI=1S/C12H19N3O4/c1-11(2,3)19-10(18)13-6-12(7-4-5-7)8(16)14-9(17)15-12/h7H,4-6H2,1-3H3,(H,13,18)(H2,14,15,16,17)/t12-/m0/s1. The molecule has 2 rings (SSSR count). The van der Waals surface area contributed by atoms with E-state index in [1.54, 1.807) is 20.8 Å². The van der Waals surface area contributed by atoms with E-state index in [0.717, 1.165) is 12.8 Å². The Morgan fingerprint density at radius 1 is 1.42 bits per heavy atom. The van der Waals surface area contributed by atoms with Gasteiger partial charge in [0.1, 0.15) is 11.1 Å². The zero-order chi connectivity index (χ0) is 14.3. The normalized spacial score (nSPS) is 26.7. The van der Waals surface area contributed by atoms with Crippen molar-refractivity contribution in [2.24, 2.45) is 5.92 Å². The zero-order valence-electron chi connectivity index (χ0n) is 11.3. The molecule has 0 spiro atoms. The van der Waals surface area contributed by atoms with E-state index < -0.39 is 23.3 Å². The molecule has 0 aromatic carbocycles. The van der Waals surface area contributed by atoms with Crippen LogP contribution >= 0.6 is 0 Å². The predicted octanol–water partition coefficient (Wildman–Crippen LogP) is 0.499. The lowest BCUT2D eigenvalue weighted by molar-refractivity contribution is -0.124. The molecule has 1 saturated carbocycles. The Bertz CT molecular complexity index is 425. The lowest BCUT2D eigenvalue weighted by Gasteiger charge is -2.27. The summed E-state index contributed by atoms with van der Waals surface area (Å²) < 4.78 is 5.11. The number of nitrogens with one attached hydrogen (secondary N) is 3. The zero-order valence-corrected chi connectivity index (χ0v) is 11.3. The Hall–Kier alpha value is -1.79. The van der Waals surface area contributed by atoms with Gasteiger partial charge in [-0.15, -0.1) is 0 Å². The maximum Gasteiger partial charge on any atom is 0.407 e. The van der Waals surface area contributed by atoms with E-state index in [1.807, 2.05) is 0 Å². The number of carbonyl (C=O) groups excluding carboxylic acids is 3. The number of urea groups is 1. The second-order valence-electron chi connectivity index (χ2n) is 6.01. The molecule has 0 aromatic rings. The topological polar surface area (TPSA) is 96.5 Å². The van der Waals surface area contributed by atoms with Gasteiger partial charge < -0.3 is 15.4 Å². The fourth-order valence-electron chi connectivity index (χ4n) is 2.16. The number of rotatable bonds is 3. The highest BCUT2D eigenvalue weighted by molar-refractivity contribution is 6.07. The quantitative estimate of drug-likeness (QED) is 0.650. The van der Waals surface area contributed by atoms with Crippen molar-refractivity contribution in [2.75, 3.05) is 6.54 Å². The minimum absolute atomic E-state index is 0.0458. The number of hydrogen-bond acceptors (Lipinski definition) is 4. The van der Waals surface area contributed by atoms with Gasteiger partial charge >= 0.3 is 12.1 Å². The lowest BCUT2D eigenvalue weighted by atomic mass is 9.93. The fraction of sp³-hybridized carbons (Fsp3) is 0.750. The predicted molar refractivity (Wildman–Crippen MR) is 66.4 cm³/mol. The number of hydrogen-bond donors (Lipinski definition) is 3. The first kappa shape index (κ1) is 13.6. The van der Waals surface area contributed by atoms with Crippen LogP contribution in [0.15, 0.2) is 0 Å². The number of carbonyl (C=O) groups is 3. The third-order valence-corrected chi connectivity index (χ3v) is 3.15. The number of imide groups is 1. The van der Waals surface area contributed by atoms with Gasteiger partial charge in [-0.25, -0.2) is 9.59 Å². The van der Waals surface area contributed by atoms with Gasteiger partial charge in [-0.05, 0) is 39.5 Å². The van der Waals surface area contributed by atoms with Crippen LogP contribution in [0.1, 0.15) is 33.6 Å². The van der Waals surface area contributed by atoms with Crippen molar-refractivity contribution in [3.05, 3.63) is 0 Å². The van der Waals surface area contributed by atoms with E-state index in [1.165, 1.54) is 0 Å². The highest BCUT2D eigenvalue weighted by atomic mass is 16.6. The second-order valence-corrected chi connectivity index (χ2v) is 6.01. The van der Waals surface area contributed by atoms with Gasteiger partial charge in [-0.2, -0.15) is 0 Å². The van der Waals surface area contributed by atoms with E-state index in [0.29, 0.717) is 0 Å². The first-order valence-electron chi connectivity index (χ1n) is 6.33. The van der Waals surface area contributed by atoms with Gasteiger partial charge in [0, 0.05) is 0 Å². The first-order valence-corrected chi connectivity index (χ1v) is 6.33. The summed E-state index contributed by atoms with van der Waals surface area (Å²) in [5, 5.41) is 7.40. The van der Waals surface area contributed by atoms with Crippen LogP contribution in [0.3, 0.4) is 0 Å². The minimum Gasteiger partial charge on any atom is -0.444 e. The van der Waals surface area contributed by atoms with Crippen molar-refractivity contribution in [3.8, 4) is 0 Å². The smallest absolute Gasteiger partial charge is 0.407 e. The van der Waals surface area contributed by atoms with Crippen molar-refractivity contribution in [1.82, 2.24) is 16.0 Å². The van der Waals surface area contributed by atoms with Crippen LogP contribution in [0.5, 0.6) is 0 Å². The van der Waals surface area contributed by atoms with Crippen LogP contribution in [0.4, 0.5) is 9.59 Å². The van der Waals surface area contributed by atoms with E-state index >= 15 is 0 Å². The Balaban J connectivity index is 1.97. The summed E-state index contributed by atoms with van der Waals surface area (Å²) in [5.74, 6) is -0.301. The van der Waals surface area contributed by atoms with Gasteiger partial charge in [-0.1, -0.05) is 0 Å². The van der Waals surface area contributed by atoms with E-state index in [4.69, 9.17) is 4.74 Å². The molecular formula is C12H19N3O4. The van der Waals surface area contributed by atoms with Crippen LogP contribution < -0.4 is 16.0 Å². The second kappa shape index (κ2) is 4.40. The molecule has 0 aromatic heterocycles. The van der Waals surface area contributed by atoms with Gasteiger partial charge in [0.05, 0.1) is 6.54 Å². The molecule has 0 bridgehead atoms. The summed E-state index contributed by atoms with van der Waals surface area (Å²) >= 11 is 0. The third-order valence-electron chi connectivity index (χ3n) is 3.15. The molecule has 1 atom stereocenters. The van der Waals surface area contributed by atoms with Crippen molar-refractivity contribution >= 4 is 18.0 Å². The number of ether oxygens (including phenoxy) is 1. The molecule has 4 amide bonds. The summed E-state index contributed by atoms with van der Waals surface area (Å²) in [6.07, 6.45) is 1.13. The van der Waals surface area contributed by atoms with Crippen molar-refractivity contribution in [2.45, 2.75) is 44.8 Å². The molecule has 1 aliphatic heterocycles. The molecule has 1 saturated heterocycles. The molecule has 2 aliphatic rings. The summed E-state index contributed by atoms with van der Waals surface area (Å²) in [5.41, 5.74) is -1.62. The van der Waals surface area contributed by atoms with Crippen molar-refractivity contribution < 1.29 is 19.1 Å². The average Bonchev–Trinajstić information content (AvgIpc) is 3.01. The maximum absolute atomic E-state index is 11.9. The van der Waals surface area contributed by atoms with Gasteiger partial charge in [0.15, 0.2) is 0 Å². The lowest BCUT2D eigenvalue weighted by Crippen LogP contribution is -2.57. The molecule has 7 heteroatoms. The Kier molecular flexibility index (Phi) is 3.15. The van der Waals surface area contributed by atoms with E-state index in [9.17, 15) is 14.4 Å². The van der Waals surface area contributed by atoms with Gasteiger partial charge in [0.25, 0.3) is 5.91 Å². The van der Waals surface area contributed by atoms with Crippen LogP contribution in [0.25, 0.3) is 0 Å². The Morgan fingerprint density at radius 2 is 2.05 bits per heavy atom. The Labute approximate surface area is 111 Å². The molecule has 1 aliphatic carbocycles. The van der Waals surface area contributed by atoms with E-state index in [2.05, 4.69) is 16.0 Å². The highest BCUT2D eigenvalue weighted by Gasteiger charge is 2.56. The molecule has 3 N–H and O–H groups in total. The van der Waals surface area contributed by atoms with Gasteiger partial charge in [-0.3, -0.25) is 10.1 Å². The molecule has 1 heterocycles.